The van der Waals surface area contributed by atoms with Crippen LogP contribution >= 0.6 is 0 Å². The average molecular weight is 490 g/mol. The van der Waals surface area contributed by atoms with Crippen LogP contribution in [0.25, 0.3) is 0 Å². The molecule has 0 aliphatic rings. The lowest BCUT2D eigenvalue weighted by atomic mass is 9.97. The van der Waals surface area contributed by atoms with Gasteiger partial charge in [0.25, 0.3) is 0 Å². The number of carboxylic acids is 5. The molecule has 3 aromatic rings. The molecule has 0 aromatic heterocycles. The van der Waals surface area contributed by atoms with Crippen LogP contribution in [0.4, 0.5) is 5.69 Å². The first kappa shape index (κ1) is 27.1. The van der Waals surface area contributed by atoms with Gasteiger partial charge in [0, 0.05) is 11.3 Å². The van der Waals surface area contributed by atoms with E-state index in [9.17, 15) is 49.5 Å². The fourth-order valence-corrected chi connectivity index (χ4v) is 3.22. The fourth-order valence-electron chi connectivity index (χ4n) is 3.22. The van der Waals surface area contributed by atoms with Gasteiger partial charge in [0.1, 0.15) is 0 Å². The van der Waals surface area contributed by atoms with Gasteiger partial charge < -0.3 is 55.2 Å². The van der Waals surface area contributed by atoms with Gasteiger partial charge in [-0.1, -0.05) is 29.8 Å². The molecule has 0 spiro atoms. The second-order valence-electron chi connectivity index (χ2n) is 7.54. The second-order valence-corrected chi connectivity index (χ2v) is 7.54. The standard InChI is InChI=1S/C17H14O6.C8H7NO4/c1-9-2-10(5-12(3-9)15(18)19)4-11-6-13(16(20)21)8-14(7-11)17(22)23;9-6-3-4(7(10)11)1-2-5(6)8(12)13/h2-3,5-8H,4H2,1H3,(H,18,19)(H,20,21)(H,22,23);1-3H,9H2,(H,10,11)(H,12,13)/p-5. The van der Waals surface area contributed by atoms with Crippen LogP contribution in [-0.4, -0.2) is 29.8 Å². The summed E-state index contributed by atoms with van der Waals surface area (Å²) < 4.78 is 0. The number of aromatic carboxylic acids is 5. The summed E-state index contributed by atoms with van der Waals surface area (Å²) in [4.78, 5) is 53.5. The summed E-state index contributed by atoms with van der Waals surface area (Å²) in [5.41, 5.74) is 5.80. The molecule has 0 bridgehead atoms. The molecule has 2 N–H and O–H groups in total. The number of rotatable bonds is 7. The normalized spacial score (nSPS) is 10.0. The van der Waals surface area contributed by atoms with Crippen molar-refractivity contribution < 1.29 is 49.5 Å². The van der Waals surface area contributed by atoms with Gasteiger partial charge in [0.2, 0.25) is 0 Å². The van der Waals surface area contributed by atoms with E-state index >= 15 is 0 Å². The molecule has 11 nitrogen and oxygen atoms in total. The Morgan fingerprint density at radius 2 is 1.03 bits per heavy atom. The van der Waals surface area contributed by atoms with E-state index < -0.39 is 29.8 Å². The molecule has 11 heteroatoms. The van der Waals surface area contributed by atoms with Gasteiger partial charge in [-0.3, -0.25) is 0 Å². The van der Waals surface area contributed by atoms with Crippen LogP contribution in [-0.2, 0) is 6.42 Å². The predicted molar refractivity (Wildman–Crippen MR) is 113 cm³/mol. The Hall–Kier alpha value is -5.19. The van der Waals surface area contributed by atoms with Crippen LogP contribution < -0.4 is 31.3 Å². The first-order valence-corrected chi connectivity index (χ1v) is 9.99. The van der Waals surface area contributed by atoms with E-state index in [1.54, 1.807) is 13.0 Å². The summed E-state index contributed by atoms with van der Waals surface area (Å²) in [6.07, 6.45) is 0.156. The highest BCUT2D eigenvalue weighted by Crippen LogP contribution is 2.17. The van der Waals surface area contributed by atoms with Gasteiger partial charge in [-0.15, -0.1) is 0 Å². The van der Waals surface area contributed by atoms with Crippen molar-refractivity contribution in [3.05, 3.63) is 99.1 Å². The van der Waals surface area contributed by atoms with Gasteiger partial charge in [-0.05, 0) is 77.1 Å². The van der Waals surface area contributed by atoms with Crippen molar-refractivity contribution in [2.75, 3.05) is 5.73 Å². The van der Waals surface area contributed by atoms with Crippen LogP contribution in [0.15, 0.2) is 54.6 Å². The summed E-state index contributed by atoms with van der Waals surface area (Å²) in [6, 6.07) is 11.3. The third-order valence-electron chi connectivity index (χ3n) is 4.75. The molecule has 3 rings (SSSR count). The Labute approximate surface area is 203 Å². The molecule has 0 aliphatic heterocycles. The Balaban J connectivity index is 0.000000297. The van der Waals surface area contributed by atoms with Crippen LogP contribution in [0.3, 0.4) is 0 Å². The SMILES string of the molecule is Cc1cc(Cc2cc(C(=O)[O-])cc(C(=O)[O-])c2)cc(C(=O)[O-])c1.Nc1cc(C(=O)[O-])ccc1C(=O)[O-]. The van der Waals surface area contributed by atoms with Gasteiger partial charge >= 0.3 is 0 Å². The third kappa shape index (κ3) is 7.15. The number of hydrogen-bond acceptors (Lipinski definition) is 11. The Bertz CT molecular complexity index is 1340. The molecule has 0 amide bonds. The highest BCUT2D eigenvalue weighted by molar-refractivity contribution is 5.95. The van der Waals surface area contributed by atoms with Crippen LogP contribution in [0, 0.1) is 6.92 Å². The highest BCUT2D eigenvalue weighted by atomic mass is 16.4. The van der Waals surface area contributed by atoms with Gasteiger partial charge in [0.05, 0.1) is 29.8 Å². The lowest BCUT2D eigenvalue weighted by Crippen LogP contribution is -2.26. The van der Waals surface area contributed by atoms with E-state index in [1.165, 1.54) is 24.3 Å². The van der Waals surface area contributed by atoms with E-state index in [0.29, 0.717) is 16.7 Å². The van der Waals surface area contributed by atoms with Crippen molar-refractivity contribution >= 4 is 35.5 Å². The minimum atomic E-state index is -1.51. The third-order valence-corrected chi connectivity index (χ3v) is 4.75. The number of anilines is 1. The van der Waals surface area contributed by atoms with Crippen LogP contribution in [0.5, 0.6) is 0 Å². The fraction of sp³-hybridized carbons (Fsp3) is 0.0800. The van der Waals surface area contributed by atoms with Crippen LogP contribution in [0.1, 0.15) is 68.5 Å². The van der Waals surface area contributed by atoms with Crippen molar-refractivity contribution in [3.8, 4) is 0 Å². The van der Waals surface area contributed by atoms with E-state index in [1.807, 2.05) is 0 Å². The lowest BCUT2D eigenvalue weighted by molar-refractivity contribution is -0.256. The predicted octanol–water partition coefficient (Wildman–Crippen LogP) is -3.33. The van der Waals surface area contributed by atoms with Gasteiger partial charge in [-0.25, -0.2) is 0 Å². The highest BCUT2D eigenvalue weighted by Gasteiger charge is 2.06. The Morgan fingerprint density at radius 1 is 0.583 bits per heavy atom. The maximum atomic E-state index is 11.0. The first-order chi connectivity index (χ1) is 16.8. The Morgan fingerprint density at radius 3 is 1.44 bits per heavy atom. The largest absolute Gasteiger partial charge is 0.545 e. The zero-order chi connectivity index (χ0) is 27.2. The zero-order valence-electron chi connectivity index (χ0n) is 18.6. The molecular formula is C25H16NO10-5. The van der Waals surface area contributed by atoms with Gasteiger partial charge in [-0.2, -0.15) is 0 Å². The molecule has 0 radical (unpaired) electrons. The summed E-state index contributed by atoms with van der Waals surface area (Å²) in [5.74, 6) is -7.18. The molecule has 0 aliphatic carbocycles. The number of aryl methyl sites for hydroxylation is 1. The maximum Gasteiger partial charge on any atom is 0.0736 e. The Kier molecular flexibility index (Phi) is 8.49. The summed E-state index contributed by atoms with van der Waals surface area (Å²) in [7, 11) is 0. The zero-order valence-corrected chi connectivity index (χ0v) is 18.6. The molecular weight excluding hydrogens is 474 g/mol. The molecule has 36 heavy (non-hydrogen) atoms. The molecule has 186 valence electrons. The van der Waals surface area contributed by atoms with Crippen LogP contribution in [0.2, 0.25) is 0 Å². The van der Waals surface area contributed by atoms with E-state index in [-0.39, 0.29) is 39.9 Å². The minimum Gasteiger partial charge on any atom is -0.545 e. The summed E-state index contributed by atoms with van der Waals surface area (Å²) >= 11 is 0. The molecule has 0 atom stereocenters. The molecule has 0 saturated carbocycles. The quantitative estimate of drug-likeness (QED) is 0.322. The van der Waals surface area contributed by atoms with Crippen molar-refractivity contribution in [3.63, 3.8) is 0 Å². The number of carboxylic acid groups (broad SMARTS) is 5. The van der Waals surface area contributed by atoms with E-state index in [2.05, 4.69) is 0 Å². The van der Waals surface area contributed by atoms with E-state index in [0.717, 1.165) is 24.3 Å². The number of benzene rings is 3. The van der Waals surface area contributed by atoms with Gasteiger partial charge in [0.15, 0.2) is 0 Å². The number of nitrogen functional groups attached to an aromatic ring is 1. The number of carbonyl (C=O) groups excluding carboxylic acids is 5. The van der Waals surface area contributed by atoms with Crippen molar-refractivity contribution in [1.29, 1.82) is 0 Å². The maximum absolute atomic E-state index is 11.0. The first-order valence-electron chi connectivity index (χ1n) is 9.99. The summed E-state index contributed by atoms with van der Waals surface area (Å²) in [6.45, 7) is 1.71. The van der Waals surface area contributed by atoms with E-state index in [4.69, 9.17) is 5.73 Å². The lowest BCUT2D eigenvalue weighted by Gasteiger charge is -2.13. The van der Waals surface area contributed by atoms with Crippen molar-refractivity contribution in [2.45, 2.75) is 13.3 Å². The average Bonchev–Trinajstić information content (AvgIpc) is 2.78. The summed E-state index contributed by atoms with van der Waals surface area (Å²) in [5, 5.41) is 53.5. The number of carbonyl (C=O) groups is 5. The molecule has 3 aromatic carbocycles. The monoisotopic (exact) mass is 490 g/mol. The number of nitrogens with two attached hydrogens (primary N) is 1. The molecule has 0 unspecified atom stereocenters. The molecule has 0 fully saturated rings. The van der Waals surface area contributed by atoms with Crippen molar-refractivity contribution in [1.82, 2.24) is 0 Å². The van der Waals surface area contributed by atoms with Crippen molar-refractivity contribution in [2.24, 2.45) is 0 Å². The number of hydrogen-bond donors (Lipinski definition) is 1. The smallest absolute Gasteiger partial charge is 0.0736 e. The second kappa shape index (κ2) is 11.3. The minimum absolute atomic E-state index is 0.00354. The molecule has 0 saturated heterocycles. The topological polar surface area (TPSA) is 227 Å². The molecule has 0 heterocycles.